The van der Waals surface area contributed by atoms with Gasteiger partial charge in [-0.2, -0.15) is 0 Å². The standard InChI is InChI=1S/C19H24O6/c1-6-19(9-21)7-13(24-17(22)10(2)3)14-12(5)18(23)25-16(14)15(19)11(4)8-20/h6,13-16,20-21H,1-2,4-5,7-9H2,3H3/t13-,14+,15+,16-,19+/m0/s1. The van der Waals surface area contributed by atoms with Crippen molar-refractivity contribution >= 4 is 11.9 Å². The summed E-state index contributed by atoms with van der Waals surface area (Å²) in [5, 5.41) is 19.6. The van der Waals surface area contributed by atoms with Gasteiger partial charge in [-0.25, -0.2) is 9.59 Å². The minimum absolute atomic E-state index is 0.201. The van der Waals surface area contributed by atoms with Gasteiger partial charge in [-0.1, -0.05) is 25.8 Å². The van der Waals surface area contributed by atoms with Gasteiger partial charge < -0.3 is 19.7 Å². The molecule has 0 radical (unpaired) electrons. The lowest BCUT2D eigenvalue weighted by molar-refractivity contribution is -0.162. The van der Waals surface area contributed by atoms with Gasteiger partial charge in [0.2, 0.25) is 0 Å². The molecule has 0 amide bonds. The number of carbonyl (C=O) groups is 2. The molecule has 0 bridgehead atoms. The van der Waals surface area contributed by atoms with Crippen LogP contribution in [0.4, 0.5) is 0 Å². The molecule has 0 aromatic heterocycles. The van der Waals surface area contributed by atoms with Crippen molar-refractivity contribution in [3.8, 4) is 0 Å². The smallest absolute Gasteiger partial charge is 0.334 e. The molecule has 0 unspecified atom stereocenters. The normalized spacial score (nSPS) is 34.0. The molecule has 0 spiro atoms. The second kappa shape index (κ2) is 6.98. The summed E-state index contributed by atoms with van der Waals surface area (Å²) in [7, 11) is 0. The highest BCUT2D eigenvalue weighted by Gasteiger charge is 2.59. The zero-order valence-corrected chi connectivity index (χ0v) is 14.4. The number of aliphatic hydroxyl groups excluding tert-OH is 2. The first kappa shape index (κ1) is 19.1. The maximum absolute atomic E-state index is 12.1. The van der Waals surface area contributed by atoms with Crippen LogP contribution < -0.4 is 0 Å². The molecule has 5 atom stereocenters. The fourth-order valence-electron chi connectivity index (χ4n) is 3.80. The Bertz CT molecular complexity index is 648. The highest BCUT2D eigenvalue weighted by atomic mass is 16.6. The van der Waals surface area contributed by atoms with Gasteiger partial charge in [0.25, 0.3) is 0 Å². The Hall–Kier alpha value is -2.18. The molecule has 1 aliphatic heterocycles. The van der Waals surface area contributed by atoms with Crippen molar-refractivity contribution in [2.75, 3.05) is 13.2 Å². The largest absolute Gasteiger partial charge is 0.458 e. The molecule has 6 nitrogen and oxygen atoms in total. The first-order chi connectivity index (χ1) is 11.7. The molecule has 2 aliphatic rings. The Balaban J connectivity index is 2.51. The predicted octanol–water partition coefficient (Wildman–Crippen LogP) is 1.31. The number of hydrogen-bond donors (Lipinski definition) is 2. The molecule has 1 saturated carbocycles. The third-order valence-electron chi connectivity index (χ3n) is 5.14. The van der Waals surface area contributed by atoms with Crippen molar-refractivity contribution < 1.29 is 29.3 Å². The van der Waals surface area contributed by atoms with Gasteiger partial charge in [0.15, 0.2) is 0 Å². The van der Waals surface area contributed by atoms with Crippen LogP contribution in [0.3, 0.4) is 0 Å². The molecular formula is C19H24O6. The quantitative estimate of drug-likeness (QED) is 0.427. The summed E-state index contributed by atoms with van der Waals surface area (Å²) in [6.45, 7) is 15.9. The number of ether oxygens (including phenoxy) is 2. The zero-order chi connectivity index (χ0) is 18.9. The summed E-state index contributed by atoms with van der Waals surface area (Å²) in [6.07, 6.45) is 0.264. The second-order valence-corrected chi connectivity index (χ2v) is 6.74. The topological polar surface area (TPSA) is 93.1 Å². The highest BCUT2D eigenvalue weighted by Crippen LogP contribution is 2.53. The number of fused-ring (bicyclic) bond motifs is 1. The van der Waals surface area contributed by atoms with Crippen LogP contribution in [0.15, 0.2) is 49.1 Å². The molecule has 25 heavy (non-hydrogen) atoms. The lowest BCUT2D eigenvalue weighted by Crippen LogP contribution is -2.54. The summed E-state index contributed by atoms with van der Waals surface area (Å²) in [4.78, 5) is 24.1. The van der Waals surface area contributed by atoms with E-state index in [4.69, 9.17) is 9.47 Å². The summed E-state index contributed by atoms with van der Waals surface area (Å²) >= 11 is 0. The second-order valence-electron chi connectivity index (χ2n) is 6.74. The van der Waals surface area contributed by atoms with Gasteiger partial charge in [-0.15, -0.1) is 6.58 Å². The Morgan fingerprint density at radius 2 is 2.08 bits per heavy atom. The molecule has 0 aromatic rings. The van der Waals surface area contributed by atoms with E-state index in [2.05, 4.69) is 26.3 Å². The maximum atomic E-state index is 12.1. The summed E-state index contributed by atoms with van der Waals surface area (Å²) in [5.74, 6) is -2.32. The van der Waals surface area contributed by atoms with Crippen LogP contribution in [0.1, 0.15) is 13.3 Å². The lowest BCUT2D eigenvalue weighted by Gasteiger charge is -2.49. The SMILES string of the molecule is C=C[C@]1(CO)C[C@H](OC(=O)C(=C)C)[C@H]2C(=C)C(=O)O[C@@H]2[C@H]1C(=C)CO. The molecule has 136 valence electrons. The molecule has 1 aliphatic carbocycles. The molecular weight excluding hydrogens is 324 g/mol. The number of aliphatic hydroxyl groups is 2. The highest BCUT2D eigenvalue weighted by molar-refractivity contribution is 5.91. The van der Waals surface area contributed by atoms with Crippen molar-refractivity contribution in [2.45, 2.75) is 25.6 Å². The molecule has 1 saturated heterocycles. The third-order valence-corrected chi connectivity index (χ3v) is 5.14. The lowest BCUT2D eigenvalue weighted by atomic mass is 9.58. The Morgan fingerprint density at radius 1 is 1.44 bits per heavy atom. The number of rotatable bonds is 6. The molecule has 6 heteroatoms. The van der Waals surface area contributed by atoms with Crippen LogP contribution in [0.2, 0.25) is 0 Å². The van der Waals surface area contributed by atoms with Crippen molar-refractivity contribution in [3.05, 3.63) is 49.1 Å². The van der Waals surface area contributed by atoms with Gasteiger partial charge in [-0.05, 0) is 18.9 Å². The van der Waals surface area contributed by atoms with Gasteiger partial charge in [-0.3, -0.25) is 0 Å². The van der Waals surface area contributed by atoms with E-state index in [1.165, 1.54) is 6.92 Å². The Morgan fingerprint density at radius 3 is 2.56 bits per heavy atom. The van der Waals surface area contributed by atoms with E-state index in [1.54, 1.807) is 6.08 Å². The minimum atomic E-state index is -0.952. The summed E-state index contributed by atoms with van der Waals surface area (Å²) < 4.78 is 11.0. The zero-order valence-electron chi connectivity index (χ0n) is 14.4. The van der Waals surface area contributed by atoms with E-state index in [9.17, 15) is 19.8 Å². The van der Waals surface area contributed by atoms with Gasteiger partial charge in [0.05, 0.1) is 19.1 Å². The first-order valence-corrected chi connectivity index (χ1v) is 8.01. The van der Waals surface area contributed by atoms with Gasteiger partial charge in [0, 0.05) is 22.5 Å². The minimum Gasteiger partial charge on any atom is -0.458 e. The molecule has 2 N–H and O–H groups in total. The monoisotopic (exact) mass is 348 g/mol. The van der Waals surface area contributed by atoms with E-state index >= 15 is 0 Å². The van der Waals surface area contributed by atoms with Crippen LogP contribution in [0.5, 0.6) is 0 Å². The van der Waals surface area contributed by atoms with Crippen molar-refractivity contribution in [1.29, 1.82) is 0 Å². The van der Waals surface area contributed by atoms with E-state index in [0.717, 1.165) is 0 Å². The predicted molar refractivity (Wildman–Crippen MR) is 91.3 cm³/mol. The molecule has 0 aromatic carbocycles. The average Bonchev–Trinajstić information content (AvgIpc) is 2.88. The molecule has 1 heterocycles. The average molecular weight is 348 g/mol. The molecule has 2 fully saturated rings. The van der Waals surface area contributed by atoms with E-state index in [0.29, 0.717) is 5.57 Å². The van der Waals surface area contributed by atoms with Crippen LogP contribution in [0.25, 0.3) is 0 Å². The summed E-state index contributed by atoms with van der Waals surface area (Å²) in [5.41, 5.74) is -0.110. The van der Waals surface area contributed by atoms with Crippen LogP contribution >= 0.6 is 0 Å². The number of hydrogen-bond acceptors (Lipinski definition) is 6. The maximum Gasteiger partial charge on any atom is 0.334 e. The summed E-state index contributed by atoms with van der Waals surface area (Å²) in [6, 6.07) is 0. The van der Waals surface area contributed by atoms with Gasteiger partial charge >= 0.3 is 11.9 Å². The van der Waals surface area contributed by atoms with Crippen LogP contribution in [-0.4, -0.2) is 47.6 Å². The van der Waals surface area contributed by atoms with Crippen molar-refractivity contribution in [1.82, 2.24) is 0 Å². The molecule has 2 rings (SSSR count). The Labute approximate surface area is 147 Å². The number of carbonyl (C=O) groups excluding carboxylic acids is 2. The number of esters is 2. The van der Waals surface area contributed by atoms with Gasteiger partial charge in [0.1, 0.15) is 12.2 Å². The first-order valence-electron chi connectivity index (χ1n) is 8.01. The van der Waals surface area contributed by atoms with Crippen molar-refractivity contribution in [2.24, 2.45) is 17.3 Å². The fraction of sp³-hybridized carbons (Fsp3) is 0.474. The van der Waals surface area contributed by atoms with Crippen LogP contribution in [0, 0.1) is 17.3 Å². The van der Waals surface area contributed by atoms with E-state index in [1.807, 2.05) is 0 Å². The Kier molecular flexibility index (Phi) is 5.34. The van der Waals surface area contributed by atoms with Crippen LogP contribution in [-0.2, 0) is 19.1 Å². The van der Waals surface area contributed by atoms with E-state index < -0.39 is 41.4 Å². The third kappa shape index (κ3) is 3.07. The fourth-order valence-corrected chi connectivity index (χ4v) is 3.80. The van der Waals surface area contributed by atoms with E-state index in [-0.39, 0.29) is 30.8 Å². The van der Waals surface area contributed by atoms with Crippen molar-refractivity contribution in [3.63, 3.8) is 0 Å².